The van der Waals surface area contributed by atoms with Crippen LogP contribution in [0.4, 0.5) is 0 Å². The van der Waals surface area contributed by atoms with Crippen LogP contribution in [-0.4, -0.2) is 21.4 Å². The maximum absolute atomic E-state index is 12.3. The van der Waals surface area contributed by atoms with Crippen LogP contribution in [0, 0.1) is 13.8 Å². The second kappa shape index (κ2) is 8.19. The Morgan fingerprint density at radius 1 is 1.04 bits per heavy atom. The number of carbonyl (C=O) groups excluding carboxylic acids is 1. The topological polar surface area (TPSA) is 68.0 Å². The number of aromatic nitrogens is 2. The molecule has 3 aromatic rings. The smallest absolute Gasteiger partial charge is 0.277 e. The molecule has 0 aliphatic carbocycles. The Morgan fingerprint density at radius 3 is 2.31 bits per heavy atom. The molecule has 6 heteroatoms. The molecule has 0 aliphatic heterocycles. The highest BCUT2D eigenvalue weighted by Crippen LogP contribution is 2.26. The number of thioether (sulfide) groups is 1. The van der Waals surface area contributed by atoms with Crippen LogP contribution in [-0.2, 0) is 11.3 Å². The zero-order valence-electron chi connectivity index (χ0n) is 15.0. The number of aryl methyl sites for hydroxylation is 2. The van der Waals surface area contributed by atoms with Gasteiger partial charge in [-0.25, -0.2) is 0 Å². The van der Waals surface area contributed by atoms with Crippen molar-refractivity contribution in [3.8, 4) is 11.5 Å². The van der Waals surface area contributed by atoms with E-state index in [1.54, 1.807) is 0 Å². The van der Waals surface area contributed by atoms with E-state index in [0.29, 0.717) is 17.7 Å². The predicted molar refractivity (Wildman–Crippen MR) is 103 cm³/mol. The summed E-state index contributed by atoms with van der Waals surface area (Å²) in [7, 11) is 0. The monoisotopic (exact) mass is 367 g/mol. The van der Waals surface area contributed by atoms with Gasteiger partial charge in [0.05, 0.1) is 5.25 Å². The summed E-state index contributed by atoms with van der Waals surface area (Å²) < 4.78 is 5.67. The van der Waals surface area contributed by atoms with Gasteiger partial charge in [0, 0.05) is 12.1 Å². The summed E-state index contributed by atoms with van der Waals surface area (Å²) in [6.45, 7) is 6.39. The molecule has 1 aromatic heterocycles. The number of benzene rings is 2. The molecule has 0 unspecified atom stereocenters. The number of nitrogens with zero attached hydrogens (tertiary/aromatic N) is 2. The van der Waals surface area contributed by atoms with Gasteiger partial charge in [0.2, 0.25) is 11.8 Å². The van der Waals surface area contributed by atoms with E-state index in [2.05, 4.69) is 15.5 Å². The molecular weight excluding hydrogens is 346 g/mol. The zero-order valence-corrected chi connectivity index (χ0v) is 15.8. The molecule has 0 radical (unpaired) electrons. The highest BCUT2D eigenvalue weighted by Gasteiger charge is 2.18. The first-order valence-corrected chi connectivity index (χ1v) is 9.29. The normalized spacial score (nSPS) is 12.0. The molecule has 0 fully saturated rings. The van der Waals surface area contributed by atoms with Crippen molar-refractivity contribution in [3.63, 3.8) is 0 Å². The summed E-state index contributed by atoms with van der Waals surface area (Å²) in [5.41, 5.74) is 4.30. The van der Waals surface area contributed by atoms with Crippen LogP contribution in [0.1, 0.15) is 23.6 Å². The summed E-state index contributed by atoms with van der Waals surface area (Å²) in [6.07, 6.45) is 0. The average molecular weight is 367 g/mol. The molecule has 5 nitrogen and oxygen atoms in total. The summed E-state index contributed by atoms with van der Waals surface area (Å²) in [5, 5.41) is 11.1. The molecule has 0 spiro atoms. The van der Waals surface area contributed by atoms with E-state index < -0.39 is 0 Å². The van der Waals surface area contributed by atoms with Crippen molar-refractivity contribution >= 4 is 17.7 Å². The summed E-state index contributed by atoms with van der Waals surface area (Å²) in [4.78, 5) is 12.3. The van der Waals surface area contributed by atoms with Crippen molar-refractivity contribution in [1.29, 1.82) is 0 Å². The number of hydrogen-bond donors (Lipinski definition) is 1. The molecule has 2 aromatic carbocycles. The Labute approximate surface area is 157 Å². The van der Waals surface area contributed by atoms with E-state index >= 15 is 0 Å². The second-order valence-electron chi connectivity index (χ2n) is 6.20. The summed E-state index contributed by atoms with van der Waals surface area (Å²) >= 11 is 1.26. The van der Waals surface area contributed by atoms with Crippen molar-refractivity contribution in [2.24, 2.45) is 0 Å². The molecular formula is C20H21N3O2S. The molecule has 0 saturated carbocycles. The Balaban J connectivity index is 1.55. The highest BCUT2D eigenvalue weighted by molar-refractivity contribution is 8.00. The van der Waals surface area contributed by atoms with Gasteiger partial charge in [0.25, 0.3) is 5.22 Å². The van der Waals surface area contributed by atoms with Crippen LogP contribution in [0.5, 0.6) is 0 Å². The van der Waals surface area contributed by atoms with Crippen molar-refractivity contribution in [3.05, 3.63) is 65.2 Å². The van der Waals surface area contributed by atoms with E-state index in [0.717, 1.165) is 11.1 Å². The van der Waals surface area contributed by atoms with Gasteiger partial charge in [-0.15, -0.1) is 10.2 Å². The summed E-state index contributed by atoms with van der Waals surface area (Å²) in [6, 6.07) is 16.0. The van der Waals surface area contributed by atoms with Crippen LogP contribution in [0.25, 0.3) is 11.5 Å². The number of rotatable bonds is 6. The quantitative estimate of drug-likeness (QED) is 0.663. The molecule has 26 heavy (non-hydrogen) atoms. The highest BCUT2D eigenvalue weighted by atomic mass is 32.2. The minimum absolute atomic E-state index is 0.0642. The number of nitrogens with one attached hydrogen (secondary N) is 1. The largest absolute Gasteiger partial charge is 0.411 e. The lowest BCUT2D eigenvalue weighted by Gasteiger charge is -2.10. The van der Waals surface area contributed by atoms with Gasteiger partial charge in [-0.3, -0.25) is 4.79 Å². The predicted octanol–water partition coefficient (Wildman–Crippen LogP) is 4.15. The summed E-state index contributed by atoms with van der Waals surface area (Å²) in [5.74, 6) is 0.394. The van der Waals surface area contributed by atoms with Gasteiger partial charge >= 0.3 is 0 Å². The fraction of sp³-hybridized carbons (Fsp3) is 0.250. The third-order valence-corrected chi connectivity index (χ3v) is 4.87. The van der Waals surface area contributed by atoms with Gasteiger partial charge in [-0.2, -0.15) is 0 Å². The molecule has 1 heterocycles. The standard InChI is InChI=1S/C20H21N3O2S/c1-13-4-8-16(9-5-13)12-21-18(24)15(3)26-20-23-22-19(25-20)17-10-6-14(2)7-11-17/h4-11,15H,12H2,1-3H3,(H,21,24)/t15-/m1/s1. The Kier molecular flexibility index (Phi) is 5.73. The van der Waals surface area contributed by atoms with Gasteiger partial charge in [-0.1, -0.05) is 59.3 Å². The first-order valence-electron chi connectivity index (χ1n) is 8.42. The SMILES string of the molecule is Cc1ccc(CNC(=O)[C@@H](C)Sc2nnc(-c3ccc(C)cc3)o2)cc1. The van der Waals surface area contributed by atoms with Crippen molar-refractivity contribution in [2.45, 2.75) is 37.8 Å². The van der Waals surface area contributed by atoms with Gasteiger partial charge < -0.3 is 9.73 Å². The lowest BCUT2D eigenvalue weighted by atomic mass is 10.1. The number of hydrogen-bond acceptors (Lipinski definition) is 5. The van der Waals surface area contributed by atoms with Crippen LogP contribution in [0.3, 0.4) is 0 Å². The van der Waals surface area contributed by atoms with E-state index in [1.807, 2.05) is 69.3 Å². The van der Waals surface area contributed by atoms with Crippen LogP contribution >= 0.6 is 11.8 Å². The molecule has 1 N–H and O–H groups in total. The molecule has 134 valence electrons. The van der Waals surface area contributed by atoms with E-state index in [4.69, 9.17) is 4.42 Å². The first kappa shape index (κ1) is 18.2. The second-order valence-corrected chi connectivity index (χ2v) is 7.49. The molecule has 1 amide bonds. The van der Waals surface area contributed by atoms with Crippen LogP contribution < -0.4 is 5.32 Å². The minimum Gasteiger partial charge on any atom is -0.411 e. The van der Waals surface area contributed by atoms with Gasteiger partial charge in [0.15, 0.2) is 0 Å². The first-order chi connectivity index (χ1) is 12.5. The average Bonchev–Trinajstić information content (AvgIpc) is 3.10. The zero-order chi connectivity index (χ0) is 18.5. The number of carbonyl (C=O) groups is 1. The van der Waals surface area contributed by atoms with Gasteiger partial charge in [-0.05, 0) is 38.5 Å². The maximum Gasteiger partial charge on any atom is 0.277 e. The van der Waals surface area contributed by atoms with E-state index in [-0.39, 0.29) is 11.2 Å². The van der Waals surface area contributed by atoms with Crippen LogP contribution in [0.2, 0.25) is 0 Å². The fourth-order valence-electron chi connectivity index (χ4n) is 2.31. The van der Waals surface area contributed by atoms with Crippen molar-refractivity contribution in [2.75, 3.05) is 0 Å². The Morgan fingerprint density at radius 2 is 1.65 bits per heavy atom. The third-order valence-electron chi connectivity index (χ3n) is 3.94. The maximum atomic E-state index is 12.3. The van der Waals surface area contributed by atoms with E-state index in [1.165, 1.54) is 22.9 Å². The molecule has 0 saturated heterocycles. The Bertz CT molecular complexity index is 873. The Hall–Kier alpha value is -2.60. The third kappa shape index (κ3) is 4.73. The minimum atomic E-state index is -0.327. The van der Waals surface area contributed by atoms with Crippen LogP contribution in [0.15, 0.2) is 58.2 Å². The number of amides is 1. The lowest BCUT2D eigenvalue weighted by Crippen LogP contribution is -2.30. The fourth-order valence-corrected chi connectivity index (χ4v) is 3.02. The van der Waals surface area contributed by atoms with Crippen molar-refractivity contribution in [1.82, 2.24) is 15.5 Å². The van der Waals surface area contributed by atoms with Gasteiger partial charge in [0.1, 0.15) is 0 Å². The molecule has 1 atom stereocenters. The lowest BCUT2D eigenvalue weighted by molar-refractivity contribution is -0.120. The molecule has 3 rings (SSSR count). The van der Waals surface area contributed by atoms with E-state index in [9.17, 15) is 4.79 Å². The van der Waals surface area contributed by atoms with Crippen molar-refractivity contribution < 1.29 is 9.21 Å². The molecule has 0 bridgehead atoms. The molecule has 0 aliphatic rings.